The molecule has 0 aliphatic heterocycles. The lowest BCUT2D eigenvalue weighted by Crippen LogP contribution is -2.41. The van der Waals surface area contributed by atoms with E-state index in [1.165, 1.54) is 7.05 Å². The Hall–Kier alpha value is -3.75. The average Bonchev–Trinajstić information content (AvgIpc) is 3.17. The van der Waals surface area contributed by atoms with E-state index in [-0.39, 0.29) is 23.5 Å². The zero-order valence-corrected chi connectivity index (χ0v) is 17.8. The SMILES string of the molecule is C=CC(=CC=CC)c1cc2nc3c(=O)n(CC(=O)OCCCC)c(=O)n(C)c3nc2o1. The third kappa shape index (κ3) is 4.40. The van der Waals surface area contributed by atoms with E-state index in [0.29, 0.717) is 23.3 Å². The van der Waals surface area contributed by atoms with E-state index in [1.54, 1.807) is 12.1 Å². The molecule has 0 unspecified atom stereocenters. The Balaban J connectivity index is 2.11. The highest BCUT2D eigenvalue weighted by molar-refractivity contribution is 5.85. The molecule has 0 atom stereocenters. The number of furan rings is 1. The number of hydrogen-bond acceptors (Lipinski definition) is 7. The van der Waals surface area contributed by atoms with E-state index >= 15 is 0 Å². The Kier molecular flexibility index (Phi) is 6.64. The van der Waals surface area contributed by atoms with Gasteiger partial charge in [-0.25, -0.2) is 14.3 Å². The highest BCUT2D eigenvalue weighted by atomic mass is 16.5. The maximum atomic E-state index is 12.9. The van der Waals surface area contributed by atoms with Gasteiger partial charge in [-0.05, 0) is 13.3 Å². The van der Waals surface area contributed by atoms with E-state index in [0.717, 1.165) is 15.6 Å². The lowest BCUT2D eigenvalue weighted by molar-refractivity contribution is -0.144. The molecule has 3 aromatic heterocycles. The van der Waals surface area contributed by atoms with Crippen LogP contribution in [-0.2, 0) is 23.1 Å². The second kappa shape index (κ2) is 9.38. The number of carbonyl (C=O) groups is 1. The Morgan fingerprint density at radius 3 is 2.77 bits per heavy atom. The largest absolute Gasteiger partial charge is 0.464 e. The van der Waals surface area contributed by atoms with E-state index in [1.807, 2.05) is 32.1 Å². The molecule has 3 aromatic rings. The molecule has 0 bridgehead atoms. The van der Waals surface area contributed by atoms with Gasteiger partial charge in [0.05, 0.1) is 6.61 Å². The minimum absolute atomic E-state index is 0.0408. The van der Waals surface area contributed by atoms with Gasteiger partial charge in [-0.3, -0.25) is 14.2 Å². The maximum Gasteiger partial charge on any atom is 0.333 e. The van der Waals surface area contributed by atoms with Crippen LogP contribution in [0.3, 0.4) is 0 Å². The molecular formula is C22H24N4O5. The van der Waals surface area contributed by atoms with Crippen LogP contribution < -0.4 is 11.2 Å². The van der Waals surface area contributed by atoms with Gasteiger partial charge in [-0.2, -0.15) is 4.98 Å². The summed E-state index contributed by atoms with van der Waals surface area (Å²) < 4.78 is 12.8. The van der Waals surface area contributed by atoms with Gasteiger partial charge in [0.15, 0.2) is 11.2 Å². The Morgan fingerprint density at radius 2 is 2.10 bits per heavy atom. The number of aryl methyl sites for hydroxylation is 1. The van der Waals surface area contributed by atoms with Crippen LogP contribution in [-0.4, -0.2) is 31.7 Å². The number of hydrogen-bond donors (Lipinski definition) is 0. The first kappa shape index (κ1) is 21.9. The molecule has 3 rings (SSSR count). The van der Waals surface area contributed by atoms with Crippen molar-refractivity contribution in [3.8, 4) is 0 Å². The van der Waals surface area contributed by atoms with Gasteiger partial charge in [0.1, 0.15) is 17.8 Å². The molecule has 0 saturated heterocycles. The number of nitrogens with zero attached hydrogens (tertiary/aromatic N) is 4. The lowest BCUT2D eigenvalue weighted by Gasteiger charge is -2.09. The number of allylic oxidation sites excluding steroid dienone is 5. The standard InChI is InChI=1S/C22H24N4O5/c1-5-8-10-14(7-3)16-12-15-20(31-16)24-19-18(23-15)21(28)26(22(29)25(19)4)13-17(27)30-11-9-6-2/h5,7-8,10,12H,3,6,9,11,13H2,1-2,4H3. The summed E-state index contributed by atoms with van der Waals surface area (Å²) in [5, 5.41) is 0. The molecule has 0 radical (unpaired) electrons. The number of rotatable bonds is 8. The molecule has 0 aromatic carbocycles. The summed E-state index contributed by atoms with van der Waals surface area (Å²) in [5.41, 5.74) is -0.132. The van der Waals surface area contributed by atoms with Gasteiger partial charge in [0.2, 0.25) is 5.71 Å². The normalized spacial score (nSPS) is 12.2. The van der Waals surface area contributed by atoms with Crippen molar-refractivity contribution in [2.75, 3.05) is 6.61 Å². The fraction of sp³-hybridized carbons (Fsp3) is 0.318. The van der Waals surface area contributed by atoms with Crippen LogP contribution in [0, 0.1) is 0 Å². The molecule has 0 amide bonds. The number of fused-ring (bicyclic) bond motifs is 2. The van der Waals surface area contributed by atoms with E-state index in [2.05, 4.69) is 16.5 Å². The summed E-state index contributed by atoms with van der Waals surface area (Å²) in [6.45, 7) is 7.37. The molecule has 3 heterocycles. The van der Waals surface area contributed by atoms with Crippen molar-refractivity contribution in [1.29, 1.82) is 0 Å². The summed E-state index contributed by atoms with van der Waals surface area (Å²) in [6, 6.07) is 1.65. The van der Waals surface area contributed by atoms with Gasteiger partial charge >= 0.3 is 11.7 Å². The molecule has 9 nitrogen and oxygen atoms in total. The predicted octanol–water partition coefficient (Wildman–Crippen LogP) is 2.73. The van der Waals surface area contributed by atoms with Crippen molar-refractivity contribution in [2.24, 2.45) is 7.05 Å². The second-order valence-electron chi connectivity index (χ2n) is 6.86. The van der Waals surface area contributed by atoms with E-state index in [9.17, 15) is 14.4 Å². The van der Waals surface area contributed by atoms with Gasteiger partial charge in [0, 0.05) is 18.7 Å². The number of aromatic nitrogens is 4. The summed E-state index contributed by atoms with van der Waals surface area (Å²) >= 11 is 0. The molecule has 162 valence electrons. The summed E-state index contributed by atoms with van der Waals surface area (Å²) in [7, 11) is 1.45. The second-order valence-corrected chi connectivity index (χ2v) is 6.86. The molecule has 0 saturated carbocycles. The van der Waals surface area contributed by atoms with Crippen molar-refractivity contribution < 1.29 is 13.9 Å². The minimum Gasteiger partial charge on any atom is -0.464 e. The van der Waals surface area contributed by atoms with Crippen molar-refractivity contribution in [1.82, 2.24) is 19.1 Å². The zero-order chi connectivity index (χ0) is 22.5. The number of carbonyl (C=O) groups excluding carboxylic acids is 1. The lowest BCUT2D eigenvalue weighted by atomic mass is 10.2. The molecule has 0 N–H and O–H groups in total. The van der Waals surface area contributed by atoms with Crippen molar-refractivity contribution in [2.45, 2.75) is 33.2 Å². The van der Waals surface area contributed by atoms with Crippen LogP contribution in [0.2, 0.25) is 0 Å². The van der Waals surface area contributed by atoms with Gasteiger partial charge in [0.25, 0.3) is 5.56 Å². The number of esters is 1. The topological polar surface area (TPSA) is 109 Å². The smallest absolute Gasteiger partial charge is 0.333 e. The highest BCUT2D eigenvalue weighted by Crippen LogP contribution is 2.24. The van der Waals surface area contributed by atoms with Crippen molar-refractivity contribution in [3.05, 3.63) is 63.5 Å². The van der Waals surface area contributed by atoms with Gasteiger partial charge in [-0.1, -0.05) is 44.2 Å². The van der Waals surface area contributed by atoms with Crippen LogP contribution in [0.15, 0.2) is 51.0 Å². The van der Waals surface area contributed by atoms with Crippen LogP contribution in [0.25, 0.3) is 28.0 Å². The molecule has 0 spiro atoms. The fourth-order valence-corrected chi connectivity index (χ4v) is 2.95. The summed E-state index contributed by atoms with van der Waals surface area (Å²) in [4.78, 5) is 46.3. The number of ether oxygens (including phenoxy) is 1. The molecule has 9 heteroatoms. The Bertz CT molecular complexity index is 1320. The van der Waals surface area contributed by atoms with E-state index in [4.69, 9.17) is 9.15 Å². The molecule has 0 fully saturated rings. The first-order valence-corrected chi connectivity index (χ1v) is 9.93. The third-order valence-corrected chi connectivity index (χ3v) is 4.65. The van der Waals surface area contributed by atoms with Crippen LogP contribution in [0.5, 0.6) is 0 Å². The third-order valence-electron chi connectivity index (χ3n) is 4.65. The zero-order valence-electron chi connectivity index (χ0n) is 17.8. The molecule has 0 aliphatic rings. The molecular weight excluding hydrogens is 400 g/mol. The summed E-state index contributed by atoms with van der Waals surface area (Å²) in [5.74, 6) is -0.181. The fourth-order valence-electron chi connectivity index (χ4n) is 2.95. The minimum atomic E-state index is -0.712. The Morgan fingerprint density at radius 1 is 1.32 bits per heavy atom. The summed E-state index contributed by atoms with van der Waals surface area (Å²) in [6.07, 6.45) is 8.71. The van der Waals surface area contributed by atoms with Crippen LogP contribution in [0.4, 0.5) is 0 Å². The Labute approximate surface area is 178 Å². The quantitative estimate of drug-likeness (QED) is 0.311. The maximum absolute atomic E-state index is 12.9. The van der Waals surface area contributed by atoms with Crippen LogP contribution >= 0.6 is 0 Å². The average molecular weight is 424 g/mol. The van der Waals surface area contributed by atoms with E-state index < -0.39 is 23.8 Å². The van der Waals surface area contributed by atoms with Crippen LogP contribution in [0.1, 0.15) is 32.4 Å². The first-order chi connectivity index (χ1) is 14.9. The molecule has 31 heavy (non-hydrogen) atoms. The monoisotopic (exact) mass is 424 g/mol. The highest BCUT2D eigenvalue weighted by Gasteiger charge is 2.19. The van der Waals surface area contributed by atoms with Crippen molar-refractivity contribution in [3.63, 3.8) is 0 Å². The predicted molar refractivity (Wildman–Crippen MR) is 118 cm³/mol. The van der Waals surface area contributed by atoms with Gasteiger partial charge in [-0.15, -0.1) is 0 Å². The van der Waals surface area contributed by atoms with Gasteiger partial charge < -0.3 is 9.15 Å². The number of unbranched alkanes of at least 4 members (excludes halogenated alkanes) is 1. The molecule has 0 aliphatic carbocycles. The van der Waals surface area contributed by atoms with Crippen molar-refractivity contribution >= 4 is 33.9 Å². The first-order valence-electron chi connectivity index (χ1n) is 9.93.